The Morgan fingerprint density at radius 2 is 1.96 bits per heavy atom. The summed E-state index contributed by atoms with van der Waals surface area (Å²) in [6, 6.07) is 8.80. The van der Waals surface area contributed by atoms with E-state index in [1.54, 1.807) is 0 Å². The second-order valence-electron chi connectivity index (χ2n) is 7.98. The number of fused-ring (bicyclic) bond motifs is 2. The summed E-state index contributed by atoms with van der Waals surface area (Å²) < 4.78 is 2.19. The van der Waals surface area contributed by atoms with Gasteiger partial charge in [0.15, 0.2) is 0 Å². The van der Waals surface area contributed by atoms with Crippen molar-refractivity contribution >= 4 is 5.78 Å². The first-order valence-electron chi connectivity index (χ1n) is 8.98. The molecule has 130 valence electrons. The molecule has 0 saturated heterocycles. The van der Waals surface area contributed by atoms with E-state index in [1.807, 2.05) is 13.1 Å². The Morgan fingerprint density at radius 1 is 1.16 bits per heavy atom. The van der Waals surface area contributed by atoms with Gasteiger partial charge in [0.25, 0.3) is 0 Å². The zero-order valence-electron chi connectivity index (χ0n) is 15.8. The van der Waals surface area contributed by atoms with Crippen molar-refractivity contribution in [2.45, 2.75) is 59.7 Å². The van der Waals surface area contributed by atoms with Crippen molar-refractivity contribution in [3.8, 4) is 0 Å². The van der Waals surface area contributed by atoms with Crippen molar-refractivity contribution in [1.29, 1.82) is 0 Å². The third kappa shape index (κ3) is 2.74. The summed E-state index contributed by atoms with van der Waals surface area (Å²) in [5.74, 6) is 0.804. The molecule has 0 amide bonds. The van der Waals surface area contributed by atoms with Crippen LogP contribution in [-0.4, -0.2) is 24.8 Å². The number of rotatable bonds is 2. The zero-order chi connectivity index (χ0) is 17.8. The lowest BCUT2D eigenvalue weighted by atomic mass is 9.83. The largest absolute Gasteiger partial charge is 0.288 e. The van der Waals surface area contributed by atoms with Gasteiger partial charge in [-0.3, -0.25) is 9.30 Å². The van der Waals surface area contributed by atoms with E-state index < -0.39 is 0 Å². The van der Waals surface area contributed by atoms with Gasteiger partial charge in [0.2, 0.25) is 5.78 Å². The third-order valence-corrected chi connectivity index (χ3v) is 5.55. The normalized spacial score (nSPS) is 17.0. The molecule has 0 atom stereocenters. The van der Waals surface area contributed by atoms with E-state index in [-0.39, 0.29) is 5.54 Å². The fourth-order valence-corrected chi connectivity index (χ4v) is 4.10. The zero-order valence-corrected chi connectivity index (χ0v) is 15.8. The standard InChI is InChI=1S/C21H26N4/c1-14-7-6-8-17-12-24(21(4,5)10-19(14)17)13-18-11-22-20-23-15(2)9-16(3)25(18)20/h6-9,11H,10,12-13H2,1-5H3. The lowest BCUT2D eigenvalue weighted by Crippen LogP contribution is -2.48. The Bertz CT molecular complexity index is 952. The highest BCUT2D eigenvalue weighted by atomic mass is 15.2. The van der Waals surface area contributed by atoms with Gasteiger partial charge in [0.05, 0.1) is 11.9 Å². The number of aromatic nitrogens is 3. The van der Waals surface area contributed by atoms with Crippen molar-refractivity contribution in [2.75, 3.05) is 0 Å². The predicted octanol–water partition coefficient (Wildman–Crippen LogP) is 3.99. The fourth-order valence-electron chi connectivity index (χ4n) is 4.10. The minimum atomic E-state index is 0.120. The molecule has 0 N–H and O–H groups in total. The van der Waals surface area contributed by atoms with Gasteiger partial charge < -0.3 is 0 Å². The summed E-state index contributed by atoms with van der Waals surface area (Å²) in [6.45, 7) is 12.9. The fraction of sp³-hybridized carbons (Fsp3) is 0.429. The first kappa shape index (κ1) is 16.3. The van der Waals surface area contributed by atoms with Gasteiger partial charge in [-0.1, -0.05) is 18.2 Å². The lowest BCUT2D eigenvalue weighted by molar-refractivity contribution is 0.0869. The maximum Gasteiger partial charge on any atom is 0.234 e. The van der Waals surface area contributed by atoms with Crippen molar-refractivity contribution in [3.63, 3.8) is 0 Å². The Hall–Kier alpha value is -2.20. The molecule has 0 fully saturated rings. The predicted molar refractivity (Wildman–Crippen MR) is 101 cm³/mol. The summed E-state index contributed by atoms with van der Waals surface area (Å²) in [5.41, 5.74) is 7.94. The maximum atomic E-state index is 4.57. The van der Waals surface area contributed by atoms with Crippen LogP contribution in [0, 0.1) is 20.8 Å². The topological polar surface area (TPSA) is 33.4 Å². The minimum Gasteiger partial charge on any atom is -0.288 e. The summed E-state index contributed by atoms with van der Waals surface area (Å²) in [7, 11) is 0. The molecule has 0 saturated carbocycles. The summed E-state index contributed by atoms with van der Waals surface area (Å²) in [6.07, 6.45) is 3.07. The molecule has 0 aliphatic carbocycles. The molecule has 0 unspecified atom stereocenters. The second-order valence-corrected chi connectivity index (χ2v) is 7.98. The van der Waals surface area contributed by atoms with Crippen LogP contribution in [0.1, 0.15) is 47.6 Å². The van der Waals surface area contributed by atoms with E-state index in [0.29, 0.717) is 0 Å². The number of hydrogen-bond donors (Lipinski definition) is 0. The first-order chi connectivity index (χ1) is 11.8. The van der Waals surface area contributed by atoms with E-state index >= 15 is 0 Å². The van der Waals surface area contributed by atoms with E-state index in [2.05, 4.69) is 71.2 Å². The molecule has 4 nitrogen and oxygen atoms in total. The maximum absolute atomic E-state index is 4.57. The summed E-state index contributed by atoms with van der Waals surface area (Å²) in [4.78, 5) is 11.7. The van der Waals surface area contributed by atoms with Crippen LogP contribution in [0.4, 0.5) is 0 Å². The van der Waals surface area contributed by atoms with Crippen LogP contribution in [0.15, 0.2) is 30.5 Å². The van der Waals surface area contributed by atoms with Gasteiger partial charge in [-0.25, -0.2) is 9.97 Å². The monoisotopic (exact) mass is 334 g/mol. The van der Waals surface area contributed by atoms with E-state index in [4.69, 9.17) is 0 Å². The number of imidazole rings is 1. The molecule has 25 heavy (non-hydrogen) atoms. The average Bonchev–Trinajstić information content (AvgIpc) is 2.92. The van der Waals surface area contributed by atoms with Crippen LogP contribution in [-0.2, 0) is 19.5 Å². The quantitative estimate of drug-likeness (QED) is 0.710. The Labute approximate surface area is 149 Å². The summed E-state index contributed by atoms with van der Waals surface area (Å²) in [5, 5.41) is 0. The first-order valence-corrected chi connectivity index (χ1v) is 8.98. The molecule has 0 bridgehead atoms. The highest BCUT2D eigenvalue weighted by Gasteiger charge is 2.33. The van der Waals surface area contributed by atoms with Gasteiger partial charge >= 0.3 is 0 Å². The van der Waals surface area contributed by atoms with E-state index in [0.717, 1.165) is 31.0 Å². The van der Waals surface area contributed by atoms with Crippen LogP contribution >= 0.6 is 0 Å². The molecular formula is C21H26N4. The molecule has 3 aromatic rings. The number of aryl methyl sites for hydroxylation is 3. The molecule has 1 aliphatic heterocycles. The van der Waals surface area contributed by atoms with Crippen molar-refractivity contribution in [3.05, 3.63) is 64.2 Å². The van der Waals surface area contributed by atoms with Crippen molar-refractivity contribution in [1.82, 2.24) is 19.3 Å². The molecule has 0 spiro atoms. The molecule has 4 heteroatoms. The van der Waals surface area contributed by atoms with Gasteiger partial charge in [-0.05, 0) is 63.8 Å². The average molecular weight is 334 g/mol. The molecule has 2 aromatic heterocycles. The molecule has 3 heterocycles. The molecule has 1 aliphatic rings. The van der Waals surface area contributed by atoms with Crippen molar-refractivity contribution in [2.24, 2.45) is 0 Å². The van der Waals surface area contributed by atoms with Crippen LogP contribution in [0.2, 0.25) is 0 Å². The van der Waals surface area contributed by atoms with Crippen LogP contribution < -0.4 is 0 Å². The SMILES string of the molecule is Cc1cc(C)n2c(CN3Cc4cccc(C)c4CC3(C)C)cnc2n1. The highest BCUT2D eigenvalue weighted by Crippen LogP contribution is 2.33. The van der Waals surface area contributed by atoms with Crippen LogP contribution in [0.3, 0.4) is 0 Å². The molecule has 0 radical (unpaired) electrons. The van der Waals surface area contributed by atoms with Gasteiger partial charge in [0, 0.05) is 30.0 Å². The van der Waals surface area contributed by atoms with Gasteiger partial charge in [-0.15, -0.1) is 0 Å². The van der Waals surface area contributed by atoms with E-state index in [9.17, 15) is 0 Å². The minimum absolute atomic E-state index is 0.120. The van der Waals surface area contributed by atoms with E-state index in [1.165, 1.54) is 28.1 Å². The molecular weight excluding hydrogens is 308 g/mol. The summed E-state index contributed by atoms with van der Waals surface area (Å²) >= 11 is 0. The number of hydrogen-bond acceptors (Lipinski definition) is 3. The molecule has 4 rings (SSSR count). The van der Waals surface area contributed by atoms with Gasteiger partial charge in [0.1, 0.15) is 0 Å². The lowest BCUT2D eigenvalue weighted by Gasteiger charge is -2.43. The van der Waals surface area contributed by atoms with Crippen molar-refractivity contribution < 1.29 is 0 Å². The second kappa shape index (κ2) is 5.67. The van der Waals surface area contributed by atoms with Crippen LogP contribution in [0.5, 0.6) is 0 Å². The smallest absolute Gasteiger partial charge is 0.234 e. The number of benzene rings is 1. The Kier molecular flexibility index (Phi) is 3.69. The Balaban J connectivity index is 1.71. The Morgan fingerprint density at radius 3 is 2.76 bits per heavy atom. The van der Waals surface area contributed by atoms with Gasteiger partial charge in [-0.2, -0.15) is 0 Å². The van der Waals surface area contributed by atoms with Crippen LogP contribution in [0.25, 0.3) is 5.78 Å². The number of nitrogens with zero attached hydrogens (tertiary/aromatic N) is 4. The third-order valence-electron chi connectivity index (χ3n) is 5.55. The highest BCUT2D eigenvalue weighted by molar-refractivity contribution is 5.39. The molecule has 1 aromatic carbocycles.